The minimum atomic E-state index is 0.115. The molecule has 0 aliphatic carbocycles. The zero-order valence-electron chi connectivity index (χ0n) is 10.6. The normalized spacial score (nSPS) is 40.1. The van der Waals surface area contributed by atoms with Crippen molar-refractivity contribution in [1.82, 2.24) is 5.32 Å². The molecule has 2 rings (SSSR count). The Hall–Kier alpha value is -0.120. The lowest BCUT2D eigenvalue weighted by Crippen LogP contribution is -2.51. The standard InChI is InChI=1S/C13H25NO2/c1-3-12-10-13(6-8-15-12)9-11(14-4-2)5-7-16-13/h11-12,14H,3-10H2,1-2H3. The van der Waals surface area contributed by atoms with E-state index in [1.54, 1.807) is 0 Å². The highest BCUT2D eigenvalue weighted by molar-refractivity contribution is 4.93. The van der Waals surface area contributed by atoms with Crippen molar-refractivity contribution in [2.45, 2.75) is 63.7 Å². The Bertz CT molecular complexity index is 216. The third-order valence-electron chi connectivity index (χ3n) is 3.95. The molecule has 3 unspecified atom stereocenters. The quantitative estimate of drug-likeness (QED) is 0.801. The summed E-state index contributed by atoms with van der Waals surface area (Å²) in [5.74, 6) is 0. The first kappa shape index (κ1) is 12.3. The fourth-order valence-electron chi connectivity index (χ4n) is 3.06. The summed E-state index contributed by atoms with van der Waals surface area (Å²) in [6.07, 6.45) is 6.01. The molecule has 2 heterocycles. The maximum atomic E-state index is 6.10. The summed E-state index contributed by atoms with van der Waals surface area (Å²) in [7, 11) is 0. The number of hydrogen-bond acceptors (Lipinski definition) is 3. The van der Waals surface area contributed by atoms with Crippen LogP contribution < -0.4 is 5.32 Å². The number of nitrogens with one attached hydrogen (secondary N) is 1. The lowest BCUT2D eigenvalue weighted by atomic mass is 9.81. The van der Waals surface area contributed by atoms with E-state index in [1.807, 2.05) is 0 Å². The van der Waals surface area contributed by atoms with E-state index in [0.717, 1.165) is 45.4 Å². The highest BCUT2D eigenvalue weighted by atomic mass is 16.5. The molecule has 1 spiro atoms. The highest BCUT2D eigenvalue weighted by Gasteiger charge is 2.41. The fraction of sp³-hybridized carbons (Fsp3) is 1.00. The summed E-state index contributed by atoms with van der Waals surface area (Å²) in [5, 5.41) is 3.57. The van der Waals surface area contributed by atoms with Gasteiger partial charge in [0.2, 0.25) is 0 Å². The molecule has 3 nitrogen and oxygen atoms in total. The monoisotopic (exact) mass is 227 g/mol. The van der Waals surface area contributed by atoms with Crippen molar-refractivity contribution >= 4 is 0 Å². The lowest BCUT2D eigenvalue weighted by Gasteiger charge is -2.45. The summed E-state index contributed by atoms with van der Waals surface area (Å²) in [6.45, 7) is 7.23. The highest BCUT2D eigenvalue weighted by Crippen LogP contribution is 2.37. The molecule has 1 N–H and O–H groups in total. The predicted molar refractivity (Wildman–Crippen MR) is 64.6 cm³/mol. The van der Waals surface area contributed by atoms with Gasteiger partial charge in [-0.1, -0.05) is 13.8 Å². The number of hydrogen-bond donors (Lipinski definition) is 1. The average Bonchev–Trinajstić information content (AvgIpc) is 2.29. The molecule has 16 heavy (non-hydrogen) atoms. The van der Waals surface area contributed by atoms with Gasteiger partial charge in [0.05, 0.1) is 11.7 Å². The van der Waals surface area contributed by atoms with Gasteiger partial charge in [-0.2, -0.15) is 0 Å². The van der Waals surface area contributed by atoms with Crippen LogP contribution in [0.1, 0.15) is 46.0 Å². The van der Waals surface area contributed by atoms with Crippen molar-refractivity contribution in [3.05, 3.63) is 0 Å². The molecule has 3 atom stereocenters. The van der Waals surface area contributed by atoms with E-state index in [1.165, 1.54) is 6.42 Å². The van der Waals surface area contributed by atoms with Crippen molar-refractivity contribution in [3.8, 4) is 0 Å². The van der Waals surface area contributed by atoms with Gasteiger partial charge in [-0.3, -0.25) is 0 Å². The van der Waals surface area contributed by atoms with Gasteiger partial charge in [-0.25, -0.2) is 0 Å². The van der Waals surface area contributed by atoms with Crippen LogP contribution in [0.25, 0.3) is 0 Å². The topological polar surface area (TPSA) is 30.5 Å². The zero-order valence-corrected chi connectivity index (χ0v) is 10.6. The van der Waals surface area contributed by atoms with Gasteiger partial charge >= 0.3 is 0 Å². The van der Waals surface area contributed by atoms with Crippen LogP contribution in [0.5, 0.6) is 0 Å². The molecule has 3 heteroatoms. The first-order valence-corrected chi connectivity index (χ1v) is 6.77. The minimum Gasteiger partial charge on any atom is -0.378 e. The Morgan fingerprint density at radius 3 is 2.88 bits per heavy atom. The molecular weight excluding hydrogens is 202 g/mol. The maximum absolute atomic E-state index is 6.10. The van der Waals surface area contributed by atoms with Gasteiger partial charge in [-0.15, -0.1) is 0 Å². The minimum absolute atomic E-state index is 0.115. The van der Waals surface area contributed by atoms with Crippen LogP contribution in [0.2, 0.25) is 0 Å². The van der Waals surface area contributed by atoms with Gasteiger partial charge in [0, 0.05) is 25.7 Å². The summed E-state index contributed by atoms with van der Waals surface area (Å²) >= 11 is 0. The third-order valence-corrected chi connectivity index (χ3v) is 3.95. The van der Waals surface area contributed by atoms with Crippen molar-refractivity contribution in [3.63, 3.8) is 0 Å². The second-order valence-corrected chi connectivity index (χ2v) is 5.13. The van der Waals surface area contributed by atoms with Crippen LogP contribution in [0.15, 0.2) is 0 Å². The second-order valence-electron chi connectivity index (χ2n) is 5.13. The summed E-state index contributed by atoms with van der Waals surface area (Å²) in [5.41, 5.74) is 0.115. The second kappa shape index (κ2) is 5.48. The molecule has 0 aromatic heterocycles. The van der Waals surface area contributed by atoms with E-state index in [0.29, 0.717) is 12.1 Å². The Labute approximate surface area is 98.9 Å². The van der Waals surface area contributed by atoms with Crippen LogP contribution in [-0.2, 0) is 9.47 Å². The van der Waals surface area contributed by atoms with Crippen molar-refractivity contribution in [2.24, 2.45) is 0 Å². The van der Waals surface area contributed by atoms with E-state index in [4.69, 9.17) is 9.47 Å². The molecule has 0 aromatic rings. The molecule has 0 aromatic carbocycles. The molecule has 0 saturated carbocycles. The summed E-state index contributed by atoms with van der Waals surface area (Å²) in [6, 6.07) is 0.648. The molecule has 2 aliphatic rings. The zero-order chi connectivity index (χ0) is 11.4. The van der Waals surface area contributed by atoms with E-state index >= 15 is 0 Å². The van der Waals surface area contributed by atoms with Crippen LogP contribution in [0.4, 0.5) is 0 Å². The first-order valence-electron chi connectivity index (χ1n) is 6.77. The van der Waals surface area contributed by atoms with E-state index in [2.05, 4.69) is 19.2 Å². The maximum Gasteiger partial charge on any atom is 0.0743 e. The van der Waals surface area contributed by atoms with Crippen molar-refractivity contribution in [2.75, 3.05) is 19.8 Å². The van der Waals surface area contributed by atoms with Gasteiger partial charge < -0.3 is 14.8 Å². The van der Waals surface area contributed by atoms with E-state index in [-0.39, 0.29) is 5.60 Å². The Morgan fingerprint density at radius 1 is 1.25 bits per heavy atom. The smallest absolute Gasteiger partial charge is 0.0743 e. The van der Waals surface area contributed by atoms with Crippen LogP contribution in [0, 0.1) is 0 Å². The molecule has 2 fully saturated rings. The summed E-state index contributed by atoms with van der Waals surface area (Å²) < 4.78 is 11.8. The number of ether oxygens (including phenoxy) is 2. The third kappa shape index (κ3) is 2.76. The molecule has 94 valence electrons. The molecule has 2 saturated heterocycles. The average molecular weight is 227 g/mol. The van der Waals surface area contributed by atoms with Gasteiger partial charge in [0.1, 0.15) is 0 Å². The first-order chi connectivity index (χ1) is 7.78. The van der Waals surface area contributed by atoms with Gasteiger partial charge in [0.25, 0.3) is 0 Å². The molecule has 0 radical (unpaired) electrons. The largest absolute Gasteiger partial charge is 0.378 e. The van der Waals surface area contributed by atoms with E-state index in [9.17, 15) is 0 Å². The number of rotatable bonds is 3. The molecular formula is C13H25NO2. The SMILES string of the molecule is CCNC1CCOC2(CCOC(CC)C2)C1. The molecule has 0 amide bonds. The molecule has 2 aliphatic heterocycles. The van der Waals surface area contributed by atoms with Crippen LogP contribution in [0.3, 0.4) is 0 Å². The van der Waals surface area contributed by atoms with Gasteiger partial charge in [-0.05, 0) is 32.2 Å². The predicted octanol–water partition coefficient (Wildman–Crippen LogP) is 2.10. The fourth-order valence-corrected chi connectivity index (χ4v) is 3.06. The van der Waals surface area contributed by atoms with Crippen molar-refractivity contribution in [1.29, 1.82) is 0 Å². The van der Waals surface area contributed by atoms with Crippen LogP contribution >= 0.6 is 0 Å². The van der Waals surface area contributed by atoms with Crippen molar-refractivity contribution < 1.29 is 9.47 Å². The van der Waals surface area contributed by atoms with E-state index < -0.39 is 0 Å². The van der Waals surface area contributed by atoms with Gasteiger partial charge in [0.15, 0.2) is 0 Å². The Kier molecular flexibility index (Phi) is 4.22. The molecule has 0 bridgehead atoms. The van der Waals surface area contributed by atoms with Crippen LogP contribution in [-0.4, -0.2) is 37.5 Å². The Balaban J connectivity index is 1.94. The lowest BCUT2D eigenvalue weighted by molar-refractivity contribution is -0.162. The summed E-state index contributed by atoms with van der Waals surface area (Å²) in [4.78, 5) is 0. The Morgan fingerprint density at radius 2 is 2.12 bits per heavy atom.